The van der Waals surface area contributed by atoms with E-state index in [9.17, 15) is 0 Å². The summed E-state index contributed by atoms with van der Waals surface area (Å²) in [6, 6.07) is 0. The first-order valence-electron chi connectivity index (χ1n) is 10.7. The Kier molecular flexibility index (Phi) is 2.85. The Morgan fingerprint density at radius 3 is 2.88 bits per heavy atom. The molecule has 0 aromatic carbocycles. The smallest absolute Gasteiger partial charge is 0.0770 e. The average molecular weight is 338 g/mol. The van der Waals surface area contributed by atoms with Crippen LogP contribution in [0.15, 0.2) is 23.8 Å². The van der Waals surface area contributed by atoms with Crippen LogP contribution in [0, 0.1) is 46.3 Å². The monoisotopic (exact) mass is 337 g/mol. The van der Waals surface area contributed by atoms with Crippen LogP contribution in [0.5, 0.6) is 0 Å². The van der Waals surface area contributed by atoms with Gasteiger partial charge in [0.15, 0.2) is 0 Å². The molecule has 0 amide bonds. The van der Waals surface area contributed by atoms with Crippen molar-refractivity contribution in [1.82, 2.24) is 0 Å². The second kappa shape index (κ2) is 4.68. The molecule has 2 heteroatoms. The van der Waals surface area contributed by atoms with E-state index in [4.69, 9.17) is 10.1 Å². The van der Waals surface area contributed by atoms with Crippen LogP contribution in [0.3, 0.4) is 0 Å². The summed E-state index contributed by atoms with van der Waals surface area (Å²) in [6.07, 6.45) is 12.3. The molecule has 1 saturated heterocycles. The molecule has 1 heterocycles. The molecule has 25 heavy (non-hydrogen) atoms. The van der Waals surface area contributed by atoms with Crippen LogP contribution in [0.25, 0.3) is 0 Å². The third-order valence-electron chi connectivity index (χ3n) is 9.52. The van der Waals surface area contributed by atoms with Crippen LogP contribution >= 0.6 is 0 Å². The highest BCUT2D eigenvalue weighted by Gasteiger charge is 2.77. The van der Waals surface area contributed by atoms with Crippen LogP contribution in [-0.4, -0.2) is 17.9 Å². The highest BCUT2D eigenvalue weighted by Crippen LogP contribution is 2.78. The van der Waals surface area contributed by atoms with Gasteiger partial charge in [-0.2, -0.15) is 0 Å². The minimum absolute atomic E-state index is 0.236. The number of rotatable bonds is 0. The summed E-state index contributed by atoms with van der Waals surface area (Å²) in [7, 11) is 0. The fourth-order valence-electron chi connectivity index (χ4n) is 8.67. The molecule has 1 N–H and O–H groups in total. The van der Waals surface area contributed by atoms with Crippen LogP contribution in [0.1, 0.15) is 58.3 Å². The molecule has 5 aliphatic carbocycles. The molecule has 5 fully saturated rings. The number of ether oxygens (including phenoxy) is 1. The van der Waals surface area contributed by atoms with E-state index in [1.165, 1.54) is 56.1 Å². The van der Waals surface area contributed by atoms with Gasteiger partial charge >= 0.3 is 0 Å². The number of hydrogen-bond donors (Lipinski definition) is 1. The van der Waals surface area contributed by atoms with E-state index in [1.807, 2.05) is 0 Å². The number of fused-ring (bicyclic) bond motifs is 9. The standard InChI is InChI=1S/C23H31NO/c1-13-10-18-16(15-5-4-14(24)11-17(13)15)6-8-22(2)21(18)19-12-20(19)23(22)7-3-9-25-23/h11,15-16,18-21,24H,1,3-10,12H2,2H3/t15-,16?,18?,19?,20?,21?,22+,23+/m1/s1. The average Bonchev–Trinajstić information content (AvgIpc) is 3.15. The largest absolute Gasteiger partial charge is 0.374 e. The quantitative estimate of drug-likeness (QED) is 0.651. The third kappa shape index (κ3) is 1.69. The molecule has 134 valence electrons. The third-order valence-corrected chi connectivity index (χ3v) is 9.52. The molecule has 2 nitrogen and oxygen atoms in total. The maximum Gasteiger partial charge on any atom is 0.0770 e. The number of hydrogen-bond acceptors (Lipinski definition) is 2. The molecule has 0 bridgehead atoms. The van der Waals surface area contributed by atoms with Crippen molar-refractivity contribution in [3.05, 3.63) is 23.8 Å². The second-order valence-corrected chi connectivity index (χ2v) is 10.2. The highest BCUT2D eigenvalue weighted by molar-refractivity contribution is 5.94. The van der Waals surface area contributed by atoms with Gasteiger partial charge < -0.3 is 10.1 Å². The van der Waals surface area contributed by atoms with Crippen molar-refractivity contribution in [3.8, 4) is 0 Å². The topological polar surface area (TPSA) is 33.1 Å². The fraction of sp³-hybridized carbons (Fsp3) is 0.783. The minimum atomic E-state index is 0.236. The first kappa shape index (κ1) is 15.2. The van der Waals surface area contributed by atoms with Crippen molar-refractivity contribution in [2.75, 3.05) is 6.61 Å². The highest BCUT2D eigenvalue weighted by atomic mass is 16.5. The summed E-state index contributed by atoms with van der Waals surface area (Å²) in [5.41, 5.74) is 4.30. The van der Waals surface area contributed by atoms with E-state index in [2.05, 4.69) is 19.6 Å². The van der Waals surface area contributed by atoms with Gasteiger partial charge in [0.1, 0.15) is 0 Å². The Bertz CT molecular complexity index is 699. The van der Waals surface area contributed by atoms with Crippen molar-refractivity contribution in [3.63, 3.8) is 0 Å². The number of allylic oxidation sites excluding steroid dienone is 3. The first-order valence-corrected chi connectivity index (χ1v) is 10.7. The van der Waals surface area contributed by atoms with Crippen molar-refractivity contribution in [1.29, 1.82) is 5.41 Å². The maximum absolute atomic E-state index is 8.10. The Balaban J connectivity index is 1.40. The Hall–Kier alpha value is -0.890. The van der Waals surface area contributed by atoms with Gasteiger partial charge in [-0.1, -0.05) is 19.1 Å². The Labute approximate surface area is 151 Å². The van der Waals surface area contributed by atoms with Crippen molar-refractivity contribution < 1.29 is 4.74 Å². The SMILES string of the molecule is C=C1CC2C(CC[C@@]3(C)C2C2CC2[C@@]32CCCO2)[C@H]2CCC(=N)C=C12. The van der Waals surface area contributed by atoms with E-state index in [1.54, 1.807) is 0 Å². The Morgan fingerprint density at radius 1 is 1.20 bits per heavy atom. The molecule has 0 aromatic heterocycles. The summed E-state index contributed by atoms with van der Waals surface area (Å²) < 4.78 is 6.59. The molecule has 0 aromatic rings. The van der Waals surface area contributed by atoms with Crippen LogP contribution in [0.4, 0.5) is 0 Å². The molecular formula is C23H31NO. The van der Waals surface area contributed by atoms with E-state index in [0.29, 0.717) is 11.3 Å². The van der Waals surface area contributed by atoms with Crippen LogP contribution in [0.2, 0.25) is 0 Å². The lowest BCUT2D eigenvalue weighted by Crippen LogP contribution is -2.55. The van der Waals surface area contributed by atoms with E-state index in [0.717, 1.165) is 48.3 Å². The summed E-state index contributed by atoms with van der Waals surface area (Å²) in [4.78, 5) is 0. The molecule has 6 aliphatic rings. The predicted molar refractivity (Wildman–Crippen MR) is 99.6 cm³/mol. The predicted octanol–water partition coefficient (Wildman–Crippen LogP) is 5.15. The lowest BCUT2D eigenvalue weighted by atomic mass is 9.48. The first-order chi connectivity index (χ1) is 12.1. The zero-order valence-electron chi connectivity index (χ0n) is 15.5. The van der Waals surface area contributed by atoms with Gasteiger partial charge in [0, 0.05) is 17.7 Å². The van der Waals surface area contributed by atoms with Gasteiger partial charge in [-0.15, -0.1) is 0 Å². The van der Waals surface area contributed by atoms with Crippen molar-refractivity contribution in [2.45, 2.75) is 63.9 Å². The summed E-state index contributed by atoms with van der Waals surface area (Å²) >= 11 is 0. The summed E-state index contributed by atoms with van der Waals surface area (Å²) in [5.74, 6) is 5.06. The zero-order valence-corrected chi connectivity index (χ0v) is 15.5. The molecular weight excluding hydrogens is 306 g/mol. The van der Waals surface area contributed by atoms with E-state index in [-0.39, 0.29) is 5.60 Å². The molecule has 0 radical (unpaired) electrons. The van der Waals surface area contributed by atoms with Gasteiger partial charge in [0.05, 0.1) is 5.60 Å². The summed E-state index contributed by atoms with van der Waals surface area (Å²) in [6.45, 7) is 8.10. The molecule has 8 atom stereocenters. The fourth-order valence-corrected chi connectivity index (χ4v) is 8.67. The van der Waals surface area contributed by atoms with Gasteiger partial charge in [0.2, 0.25) is 0 Å². The van der Waals surface area contributed by atoms with Gasteiger partial charge in [0.25, 0.3) is 0 Å². The van der Waals surface area contributed by atoms with E-state index < -0.39 is 0 Å². The second-order valence-electron chi connectivity index (χ2n) is 10.2. The van der Waals surface area contributed by atoms with Crippen molar-refractivity contribution in [2.24, 2.45) is 40.9 Å². The van der Waals surface area contributed by atoms with Gasteiger partial charge in [-0.05, 0) is 98.5 Å². The maximum atomic E-state index is 8.10. The molecule has 1 aliphatic heterocycles. The Morgan fingerprint density at radius 2 is 2.08 bits per heavy atom. The molecule has 4 saturated carbocycles. The normalized spacial score (nSPS) is 56.1. The van der Waals surface area contributed by atoms with Gasteiger partial charge in [-0.25, -0.2) is 0 Å². The number of nitrogens with one attached hydrogen (secondary N) is 1. The molecule has 1 spiro atoms. The lowest BCUT2D eigenvalue weighted by Gasteiger charge is -2.58. The lowest BCUT2D eigenvalue weighted by molar-refractivity contribution is -0.145. The zero-order chi connectivity index (χ0) is 17.0. The van der Waals surface area contributed by atoms with Crippen molar-refractivity contribution >= 4 is 5.71 Å². The molecule has 5 unspecified atom stereocenters. The van der Waals surface area contributed by atoms with Crippen LogP contribution < -0.4 is 0 Å². The van der Waals surface area contributed by atoms with E-state index >= 15 is 0 Å². The minimum Gasteiger partial charge on any atom is -0.374 e. The summed E-state index contributed by atoms with van der Waals surface area (Å²) in [5, 5.41) is 8.10. The van der Waals surface area contributed by atoms with Gasteiger partial charge in [-0.3, -0.25) is 0 Å². The molecule has 6 rings (SSSR count). The van der Waals surface area contributed by atoms with Crippen LogP contribution in [-0.2, 0) is 4.74 Å².